The van der Waals surface area contributed by atoms with Crippen LogP contribution in [-0.2, 0) is 0 Å². The van der Waals surface area contributed by atoms with Crippen molar-refractivity contribution < 1.29 is 18.3 Å². The Morgan fingerprint density at radius 2 is 2.12 bits per heavy atom. The van der Waals surface area contributed by atoms with Crippen molar-refractivity contribution in [1.82, 2.24) is 10.9 Å². The molecule has 92 valence electrons. The number of alkyl halides is 3. The first-order valence-corrected chi connectivity index (χ1v) is 5.55. The summed E-state index contributed by atoms with van der Waals surface area (Å²) in [6.07, 6.45) is -0.953. The van der Waals surface area contributed by atoms with Gasteiger partial charge in [0.2, 0.25) is 0 Å². The molecule has 7 heteroatoms. The molecule has 0 fully saturated rings. The monoisotopic (exact) mass is 262 g/mol. The Labute approximate surface area is 99.2 Å². The molecular formula is C10H9F3N2OS. The van der Waals surface area contributed by atoms with Crippen LogP contribution in [0, 0.1) is 0 Å². The summed E-state index contributed by atoms with van der Waals surface area (Å²) in [4.78, 5) is 0.912. The van der Waals surface area contributed by atoms with E-state index in [2.05, 4.69) is 5.43 Å². The zero-order chi connectivity index (χ0) is 12.5. The van der Waals surface area contributed by atoms with Crippen LogP contribution in [0.15, 0.2) is 35.4 Å². The van der Waals surface area contributed by atoms with Crippen LogP contribution in [0.1, 0.15) is 4.88 Å². The molecule has 0 saturated heterocycles. The van der Waals surface area contributed by atoms with E-state index in [1.807, 2.05) is 17.5 Å². The molecule has 1 aromatic rings. The second kappa shape index (κ2) is 4.17. The second-order valence-corrected chi connectivity index (χ2v) is 4.44. The molecule has 2 heterocycles. The van der Waals surface area contributed by atoms with Gasteiger partial charge in [-0.05, 0) is 29.7 Å². The number of halogens is 3. The SMILES string of the molecule is OC1(C(F)(F)F)C=C(C=Cc2cccs2)NN1. The average Bonchev–Trinajstić information content (AvgIpc) is 2.83. The van der Waals surface area contributed by atoms with Gasteiger partial charge in [-0.25, -0.2) is 0 Å². The molecule has 0 spiro atoms. The van der Waals surface area contributed by atoms with E-state index in [-0.39, 0.29) is 5.70 Å². The van der Waals surface area contributed by atoms with Crippen LogP contribution >= 0.6 is 11.3 Å². The van der Waals surface area contributed by atoms with E-state index < -0.39 is 11.9 Å². The Kier molecular flexibility index (Phi) is 2.98. The van der Waals surface area contributed by atoms with Gasteiger partial charge in [-0.15, -0.1) is 11.3 Å². The standard InChI is InChI=1S/C10H9F3N2OS/c11-10(12,13)9(16)6-7(14-15-9)3-4-8-2-1-5-17-8/h1-6,14-16H. The summed E-state index contributed by atoms with van der Waals surface area (Å²) in [5.41, 5.74) is 1.22. The third-order valence-electron chi connectivity index (χ3n) is 2.16. The Hall–Kier alpha value is -1.31. The number of hydrogen-bond acceptors (Lipinski definition) is 4. The van der Waals surface area contributed by atoms with Crippen molar-refractivity contribution in [3.8, 4) is 0 Å². The molecule has 0 radical (unpaired) electrons. The maximum atomic E-state index is 12.4. The molecule has 3 nitrogen and oxygen atoms in total. The number of nitrogens with one attached hydrogen (secondary N) is 2. The molecule has 3 N–H and O–H groups in total. The van der Waals surface area contributed by atoms with Gasteiger partial charge < -0.3 is 10.5 Å². The molecule has 0 aliphatic carbocycles. The molecule has 1 aliphatic heterocycles. The molecule has 1 aliphatic rings. The van der Waals surface area contributed by atoms with Gasteiger partial charge in [0.05, 0.1) is 0 Å². The molecule has 0 aromatic carbocycles. The van der Waals surface area contributed by atoms with Crippen LogP contribution in [0.5, 0.6) is 0 Å². The number of rotatable bonds is 2. The van der Waals surface area contributed by atoms with Gasteiger partial charge in [0.15, 0.2) is 0 Å². The van der Waals surface area contributed by atoms with E-state index in [0.717, 1.165) is 4.88 Å². The first-order valence-electron chi connectivity index (χ1n) is 4.67. The summed E-state index contributed by atoms with van der Waals surface area (Å²) >= 11 is 1.46. The molecule has 1 aromatic heterocycles. The normalized spacial score (nSPS) is 25.1. The minimum absolute atomic E-state index is 0.165. The third-order valence-corrected chi connectivity index (χ3v) is 3.00. The topological polar surface area (TPSA) is 44.3 Å². The molecule has 1 atom stereocenters. The number of aliphatic hydroxyl groups is 1. The highest BCUT2D eigenvalue weighted by molar-refractivity contribution is 7.10. The van der Waals surface area contributed by atoms with Crippen molar-refractivity contribution >= 4 is 17.4 Å². The third kappa shape index (κ3) is 2.51. The van der Waals surface area contributed by atoms with Crippen molar-refractivity contribution in [1.29, 1.82) is 0 Å². The highest BCUT2D eigenvalue weighted by Crippen LogP contribution is 2.32. The van der Waals surface area contributed by atoms with Crippen molar-refractivity contribution in [3.63, 3.8) is 0 Å². The lowest BCUT2D eigenvalue weighted by molar-refractivity contribution is -0.250. The van der Waals surface area contributed by atoms with Gasteiger partial charge in [-0.3, -0.25) is 0 Å². The quantitative estimate of drug-likeness (QED) is 0.764. The predicted molar refractivity (Wildman–Crippen MR) is 58.7 cm³/mol. The van der Waals surface area contributed by atoms with Crippen LogP contribution in [0.3, 0.4) is 0 Å². The Bertz CT molecular complexity index is 453. The molecule has 0 amide bonds. The van der Waals surface area contributed by atoms with Gasteiger partial charge in [0.1, 0.15) is 0 Å². The number of allylic oxidation sites excluding steroid dienone is 1. The largest absolute Gasteiger partial charge is 0.436 e. The van der Waals surface area contributed by atoms with Crippen LogP contribution in [0.25, 0.3) is 6.08 Å². The fraction of sp³-hybridized carbons (Fsp3) is 0.200. The molecule has 1 unspecified atom stereocenters. The lowest BCUT2D eigenvalue weighted by Crippen LogP contribution is -2.55. The van der Waals surface area contributed by atoms with E-state index in [1.54, 1.807) is 11.5 Å². The number of hydrazine groups is 1. The Morgan fingerprint density at radius 1 is 1.35 bits per heavy atom. The van der Waals surface area contributed by atoms with Crippen molar-refractivity contribution in [2.45, 2.75) is 11.9 Å². The van der Waals surface area contributed by atoms with E-state index >= 15 is 0 Å². The zero-order valence-electron chi connectivity index (χ0n) is 8.45. The number of hydrogen-bond donors (Lipinski definition) is 3. The maximum absolute atomic E-state index is 12.4. The average molecular weight is 262 g/mol. The van der Waals surface area contributed by atoms with Crippen molar-refractivity contribution in [3.05, 3.63) is 40.2 Å². The highest BCUT2D eigenvalue weighted by atomic mass is 32.1. The van der Waals surface area contributed by atoms with E-state index in [9.17, 15) is 18.3 Å². The highest BCUT2D eigenvalue weighted by Gasteiger charge is 2.54. The van der Waals surface area contributed by atoms with Crippen molar-refractivity contribution in [2.75, 3.05) is 0 Å². The number of thiophene rings is 1. The molecular weight excluding hydrogens is 253 g/mol. The lowest BCUT2D eigenvalue weighted by Gasteiger charge is -2.23. The molecule has 0 saturated carbocycles. The smallest absolute Gasteiger partial charge is 0.363 e. The van der Waals surface area contributed by atoms with E-state index in [1.165, 1.54) is 17.4 Å². The van der Waals surface area contributed by atoms with Gasteiger partial charge in [-0.2, -0.15) is 18.6 Å². The second-order valence-electron chi connectivity index (χ2n) is 3.46. The van der Waals surface area contributed by atoms with Crippen molar-refractivity contribution in [2.24, 2.45) is 0 Å². The van der Waals surface area contributed by atoms with Gasteiger partial charge in [-0.1, -0.05) is 6.07 Å². The van der Waals surface area contributed by atoms with Gasteiger partial charge >= 0.3 is 6.18 Å². The minimum atomic E-state index is -4.77. The predicted octanol–water partition coefficient (Wildman–Crippen LogP) is 2.00. The van der Waals surface area contributed by atoms with Crippen LogP contribution in [0.4, 0.5) is 13.2 Å². The fourth-order valence-corrected chi connectivity index (χ4v) is 1.88. The van der Waals surface area contributed by atoms with Crippen LogP contribution in [0.2, 0.25) is 0 Å². The Balaban J connectivity index is 2.13. The Morgan fingerprint density at radius 3 is 2.65 bits per heavy atom. The summed E-state index contributed by atoms with van der Waals surface area (Å²) in [6.45, 7) is 0. The lowest BCUT2D eigenvalue weighted by atomic mass is 10.2. The van der Waals surface area contributed by atoms with E-state index in [4.69, 9.17) is 0 Å². The summed E-state index contributed by atoms with van der Waals surface area (Å²) in [5.74, 6) is 0. The molecule has 2 rings (SSSR count). The zero-order valence-corrected chi connectivity index (χ0v) is 9.27. The van der Waals surface area contributed by atoms with Gasteiger partial charge in [0.25, 0.3) is 5.72 Å². The van der Waals surface area contributed by atoms with Gasteiger partial charge in [0, 0.05) is 10.6 Å². The summed E-state index contributed by atoms with van der Waals surface area (Å²) in [6, 6.07) is 3.67. The first kappa shape index (κ1) is 12.2. The van der Waals surface area contributed by atoms with E-state index in [0.29, 0.717) is 6.08 Å². The summed E-state index contributed by atoms with van der Waals surface area (Å²) < 4.78 is 37.2. The molecule has 17 heavy (non-hydrogen) atoms. The summed E-state index contributed by atoms with van der Waals surface area (Å²) in [5, 5.41) is 11.1. The fourth-order valence-electron chi connectivity index (χ4n) is 1.27. The summed E-state index contributed by atoms with van der Waals surface area (Å²) in [7, 11) is 0. The maximum Gasteiger partial charge on any atom is 0.436 e. The minimum Gasteiger partial charge on any atom is -0.363 e. The molecule has 0 bridgehead atoms. The van der Waals surface area contributed by atoms with Crippen LogP contribution in [-0.4, -0.2) is 17.0 Å². The first-order chi connectivity index (χ1) is 7.91. The van der Waals surface area contributed by atoms with Crippen LogP contribution < -0.4 is 10.9 Å².